The van der Waals surface area contributed by atoms with E-state index in [4.69, 9.17) is 5.73 Å². The fourth-order valence-corrected chi connectivity index (χ4v) is 2.96. The molecule has 2 nitrogen and oxygen atoms in total. The molecule has 1 heterocycles. The zero-order chi connectivity index (χ0) is 21.6. The van der Waals surface area contributed by atoms with Gasteiger partial charge < -0.3 is 11.1 Å². The molecule has 0 saturated heterocycles. The molecule has 3 N–H and O–H groups in total. The van der Waals surface area contributed by atoms with Gasteiger partial charge in [-0.1, -0.05) is 93.3 Å². The third kappa shape index (κ3) is 8.02. The minimum Gasteiger partial charge on any atom is -0.372 e. The summed E-state index contributed by atoms with van der Waals surface area (Å²) in [4.78, 5) is 1.03. The highest BCUT2D eigenvalue weighted by molar-refractivity contribution is 7.80. The van der Waals surface area contributed by atoms with Crippen molar-refractivity contribution in [3.63, 3.8) is 0 Å². The molecule has 3 heteroatoms. The van der Waals surface area contributed by atoms with Crippen molar-refractivity contribution in [2.24, 2.45) is 5.73 Å². The molecular weight excluding hydrogens is 372 g/mol. The molecule has 1 atom stereocenters. The second-order valence-electron chi connectivity index (χ2n) is 6.11. The molecule has 1 aliphatic heterocycles. The molecular formula is C26H32N2S. The van der Waals surface area contributed by atoms with Gasteiger partial charge in [0, 0.05) is 11.1 Å². The number of benzene rings is 2. The Morgan fingerprint density at radius 1 is 1.07 bits per heavy atom. The van der Waals surface area contributed by atoms with Crippen molar-refractivity contribution >= 4 is 18.2 Å². The summed E-state index contributed by atoms with van der Waals surface area (Å²) in [5, 5.41) is 3.18. The van der Waals surface area contributed by atoms with Gasteiger partial charge in [0.25, 0.3) is 0 Å². The first-order valence-electron chi connectivity index (χ1n) is 9.75. The van der Waals surface area contributed by atoms with Gasteiger partial charge in [0.2, 0.25) is 0 Å². The lowest BCUT2D eigenvalue weighted by atomic mass is 9.95. The number of thiol groups is 1. The van der Waals surface area contributed by atoms with Gasteiger partial charge in [-0.25, -0.2) is 0 Å². The van der Waals surface area contributed by atoms with E-state index in [1.807, 2.05) is 68.6 Å². The predicted octanol–water partition coefficient (Wildman–Crippen LogP) is 6.45. The first kappa shape index (κ1) is 24.3. The van der Waals surface area contributed by atoms with E-state index in [0.29, 0.717) is 0 Å². The number of hydrogen-bond donors (Lipinski definition) is 3. The van der Waals surface area contributed by atoms with Crippen LogP contribution >= 0.6 is 12.6 Å². The van der Waals surface area contributed by atoms with Crippen molar-refractivity contribution in [3.8, 4) is 0 Å². The Morgan fingerprint density at radius 3 is 2.28 bits per heavy atom. The minimum absolute atomic E-state index is 0.194. The smallest absolute Gasteiger partial charge is 0.101 e. The van der Waals surface area contributed by atoms with Crippen LogP contribution in [0.5, 0.6) is 0 Å². The largest absolute Gasteiger partial charge is 0.372 e. The van der Waals surface area contributed by atoms with Crippen molar-refractivity contribution in [2.45, 2.75) is 31.8 Å². The molecule has 152 valence electrons. The Balaban J connectivity index is 0.000000351. The van der Waals surface area contributed by atoms with E-state index >= 15 is 0 Å². The van der Waals surface area contributed by atoms with Crippen LogP contribution < -0.4 is 11.1 Å². The lowest BCUT2D eigenvalue weighted by Crippen LogP contribution is -2.37. The molecule has 2 aromatic carbocycles. The van der Waals surface area contributed by atoms with E-state index in [1.165, 1.54) is 5.56 Å². The quantitative estimate of drug-likeness (QED) is 0.405. The normalized spacial score (nSPS) is 15.2. The molecule has 0 radical (unpaired) electrons. The fraction of sp³-hybridized carbons (Fsp3) is 0.154. The van der Waals surface area contributed by atoms with Crippen LogP contribution in [0.2, 0.25) is 0 Å². The highest BCUT2D eigenvalue weighted by Crippen LogP contribution is 2.25. The topological polar surface area (TPSA) is 38.0 Å². The molecule has 0 saturated carbocycles. The highest BCUT2D eigenvalue weighted by atomic mass is 32.1. The second-order valence-corrected chi connectivity index (χ2v) is 6.63. The van der Waals surface area contributed by atoms with Gasteiger partial charge in [-0.3, -0.25) is 0 Å². The summed E-state index contributed by atoms with van der Waals surface area (Å²) in [6.07, 6.45) is 9.30. The summed E-state index contributed by atoms with van der Waals surface area (Å²) in [7, 11) is 0. The van der Waals surface area contributed by atoms with Crippen LogP contribution in [0.3, 0.4) is 0 Å². The highest BCUT2D eigenvalue weighted by Gasteiger charge is 2.15. The number of allylic oxidation sites excluding steroid dienone is 6. The van der Waals surface area contributed by atoms with Crippen molar-refractivity contribution < 1.29 is 0 Å². The van der Waals surface area contributed by atoms with Crippen molar-refractivity contribution in [1.29, 1.82) is 0 Å². The summed E-state index contributed by atoms with van der Waals surface area (Å²) in [5.74, 6) is 0. The molecule has 2 aromatic rings. The zero-order valence-corrected chi connectivity index (χ0v) is 18.5. The Labute approximate surface area is 181 Å². The number of aryl methyl sites for hydroxylation is 1. The summed E-state index contributed by atoms with van der Waals surface area (Å²) < 4.78 is 0. The van der Waals surface area contributed by atoms with Crippen molar-refractivity contribution in [3.05, 3.63) is 121 Å². The number of dihydropyridines is 1. The number of rotatable bonds is 4. The number of nitrogens with two attached hydrogens (primary N) is 1. The predicted molar refractivity (Wildman–Crippen MR) is 132 cm³/mol. The van der Waals surface area contributed by atoms with E-state index in [1.54, 1.807) is 6.08 Å². The van der Waals surface area contributed by atoms with E-state index in [-0.39, 0.29) is 6.17 Å². The molecule has 29 heavy (non-hydrogen) atoms. The molecule has 1 aliphatic rings. The van der Waals surface area contributed by atoms with Crippen LogP contribution in [0, 0.1) is 6.92 Å². The third-order valence-electron chi connectivity index (χ3n) is 4.02. The van der Waals surface area contributed by atoms with E-state index in [2.05, 4.69) is 62.3 Å². The maximum Gasteiger partial charge on any atom is 0.101 e. The molecule has 0 amide bonds. The summed E-state index contributed by atoms with van der Waals surface area (Å²) in [6, 6.07) is 18.2. The lowest BCUT2D eigenvalue weighted by Gasteiger charge is -2.23. The van der Waals surface area contributed by atoms with Gasteiger partial charge in [0.1, 0.15) is 6.17 Å². The van der Waals surface area contributed by atoms with Gasteiger partial charge in [0.05, 0.1) is 0 Å². The zero-order valence-electron chi connectivity index (χ0n) is 17.6. The average molecular weight is 405 g/mol. The Morgan fingerprint density at radius 2 is 1.76 bits per heavy atom. The monoisotopic (exact) mass is 404 g/mol. The Kier molecular flexibility index (Phi) is 11.2. The van der Waals surface area contributed by atoms with Gasteiger partial charge >= 0.3 is 0 Å². The molecule has 0 bridgehead atoms. The van der Waals surface area contributed by atoms with E-state index < -0.39 is 0 Å². The maximum absolute atomic E-state index is 6.10. The van der Waals surface area contributed by atoms with Crippen LogP contribution in [0.1, 0.15) is 25.0 Å². The van der Waals surface area contributed by atoms with E-state index in [9.17, 15) is 0 Å². The molecule has 0 spiro atoms. The Bertz CT molecular complexity index is 859. The molecule has 0 aromatic heterocycles. The second kappa shape index (κ2) is 13.4. The van der Waals surface area contributed by atoms with Crippen LogP contribution in [0.4, 0.5) is 0 Å². The molecule has 0 fully saturated rings. The number of hydrogen-bond acceptors (Lipinski definition) is 3. The average Bonchev–Trinajstić information content (AvgIpc) is 2.75. The molecule has 1 unspecified atom stereocenters. The number of nitrogens with one attached hydrogen (secondary N) is 1. The van der Waals surface area contributed by atoms with Crippen molar-refractivity contribution in [1.82, 2.24) is 5.32 Å². The van der Waals surface area contributed by atoms with Crippen molar-refractivity contribution in [2.75, 3.05) is 0 Å². The van der Waals surface area contributed by atoms with Gasteiger partial charge in [-0.2, -0.15) is 0 Å². The van der Waals surface area contributed by atoms with Gasteiger partial charge in [-0.15, -0.1) is 12.6 Å². The van der Waals surface area contributed by atoms with Crippen LogP contribution in [-0.2, 0) is 0 Å². The summed E-state index contributed by atoms with van der Waals surface area (Å²) in [5.41, 5.74) is 11.6. The van der Waals surface area contributed by atoms with Crippen LogP contribution in [0.15, 0.2) is 114 Å². The standard InChI is InChI=1S/C17H18N2.C7H8S.C2H6/c1-3-8-13(4-2)15-11-16(17(18)19-12-15)14-9-6-5-7-10-14;1-6-3-2-4-7(8)5-6;1-2/h3-12,17,19H,1-2,18H2;2-5,8H,1H3;1-2H3/b13-8+;;. The lowest BCUT2D eigenvalue weighted by molar-refractivity contribution is 0.740. The fourth-order valence-electron chi connectivity index (χ4n) is 2.67. The van der Waals surface area contributed by atoms with E-state index in [0.717, 1.165) is 27.2 Å². The first-order chi connectivity index (χ1) is 14.0. The maximum atomic E-state index is 6.10. The van der Waals surface area contributed by atoms with Crippen LogP contribution in [-0.4, -0.2) is 6.17 Å². The SMILES string of the molecule is C=C/C=C(\C=C)C1=CNC(N)C(c2ccccc2)=C1.CC.Cc1cccc(S)c1. The third-order valence-corrected chi connectivity index (χ3v) is 4.30. The molecule has 3 rings (SSSR count). The van der Waals surface area contributed by atoms with Gasteiger partial charge in [-0.05, 0) is 47.4 Å². The van der Waals surface area contributed by atoms with Crippen LogP contribution in [0.25, 0.3) is 5.57 Å². The molecule has 0 aliphatic carbocycles. The van der Waals surface area contributed by atoms with Gasteiger partial charge in [0.15, 0.2) is 0 Å². The summed E-state index contributed by atoms with van der Waals surface area (Å²) >= 11 is 4.15. The first-order valence-corrected chi connectivity index (χ1v) is 10.2. The minimum atomic E-state index is -0.194. The summed E-state index contributed by atoms with van der Waals surface area (Å²) in [6.45, 7) is 13.6. The Hall–Kier alpha value is -2.75.